The van der Waals surface area contributed by atoms with Crippen LogP contribution in [-0.4, -0.2) is 47.4 Å². The van der Waals surface area contributed by atoms with E-state index in [4.69, 9.17) is 4.98 Å². The Balaban J connectivity index is 1.65. The third-order valence-electron chi connectivity index (χ3n) is 6.57. The second-order valence-electron chi connectivity index (χ2n) is 10.1. The first-order valence-corrected chi connectivity index (χ1v) is 12.8. The summed E-state index contributed by atoms with van der Waals surface area (Å²) in [7, 11) is 1.74. The van der Waals surface area contributed by atoms with E-state index in [-0.39, 0.29) is 23.9 Å². The summed E-state index contributed by atoms with van der Waals surface area (Å²) in [5.74, 6) is -0.201. The molecule has 1 aromatic heterocycles. The molecule has 1 saturated heterocycles. The van der Waals surface area contributed by atoms with Gasteiger partial charge < -0.3 is 15.5 Å². The number of carbonyl (C=O) groups excluding carboxylic acids is 2. The number of hydrogen-bond acceptors (Lipinski definition) is 5. The van der Waals surface area contributed by atoms with Crippen LogP contribution < -0.4 is 10.6 Å². The van der Waals surface area contributed by atoms with E-state index >= 15 is 0 Å². The zero-order chi connectivity index (χ0) is 24.5. The van der Waals surface area contributed by atoms with Crippen molar-refractivity contribution in [2.45, 2.75) is 58.7 Å². The summed E-state index contributed by atoms with van der Waals surface area (Å²) in [6.07, 6.45) is 1.81. The molecule has 0 radical (unpaired) electrons. The number of amides is 2. The lowest BCUT2D eigenvalue weighted by Gasteiger charge is -2.35. The van der Waals surface area contributed by atoms with Crippen molar-refractivity contribution in [1.29, 1.82) is 0 Å². The van der Waals surface area contributed by atoms with E-state index in [1.165, 1.54) is 0 Å². The zero-order valence-corrected chi connectivity index (χ0v) is 21.4. The lowest BCUT2D eigenvalue weighted by molar-refractivity contribution is -0.140. The molecule has 1 fully saturated rings. The summed E-state index contributed by atoms with van der Waals surface area (Å²) in [6.45, 7) is 8.46. The van der Waals surface area contributed by atoms with Gasteiger partial charge in [-0.25, -0.2) is 4.98 Å². The molecule has 3 aromatic rings. The molecule has 2 N–H and O–H groups in total. The SMILES string of the molecule is CN[C@@H](C)C(=O)N[C@H](C(=O)N1CCC[C@H]1c1nc2c(-c3ccccc3)cccc2s1)C(C)(C)C. The molecule has 0 spiro atoms. The molecule has 0 unspecified atom stereocenters. The number of aromatic nitrogens is 1. The standard InChI is InChI=1S/C27H34N4O2S/c1-17(28-5)24(32)30-23(27(2,3)4)26(33)31-16-10-14-20(31)25-29-22-19(13-9-15-21(22)34-25)18-11-7-6-8-12-18/h6-9,11-13,15,17,20,23,28H,10,14,16H2,1-5H3,(H,30,32)/t17-,20-,23+/m0/s1. The summed E-state index contributed by atoms with van der Waals surface area (Å²) >= 11 is 1.66. The number of likely N-dealkylation sites (tertiary alicyclic amines) is 1. The number of para-hydroxylation sites is 1. The van der Waals surface area contributed by atoms with Crippen molar-refractivity contribution in [3.8, 4) is 11.1 Å². The first-order valence-electron chi connectivity index (χ1n) is 11.9. The van der Waals surface area contributed by atoms with Crippen LogP contribution in [0.5, 0.6) is 0 Å². The van der Waals surface area contributed by atoms with E-state index in [2.05, 4.69) is 41.0 Å². The van der Waals surface area contributed by atoms with E-state index in [0.717, 1.165) is 39.2 Å². The smallest absolute Gasteiger partial charge is 0.246 e. The minimum atomic E-state index is -0.606. The molecule has 4 rings (SSSR count). The second kappa shape index (κ2) is 9.84. The zero-order valence-electron chi connectivity index (χ0n) is 20.6. The highest BCUT2D eigenvalue weighted by Crippen LogP contribution is 2.40. The minimum Gasteiger partial charge on any atom is -0.342 e. The topological polar surface area (TPSA) is 74.3 Å². The predicted octanol–water partition coefficient (Wildman–Crippen LogP) is 4.77. The molecule has 0 bridgehead atoms. The third-order valence-corrected chi connectivity index (χ3v) is 7.69. The Morgan fingerprint density at radius 2 is 1.85 bits per heavy atom. The Morgan fingerprint density at radius 3 is 2.53 bits per heavy atom. The van der Waals surface area contributed by atoms with Gasteiger partial charge in [-0.1, -0.05) is 63.2 Å². The number of benzene rings is 2. The molecule has 180 valence electrons. The van der Waals surface area contributed by atoms with Gasteiger partial charge in [0, 0.05) is 12.1 Å². The summed E-state index contributed by atoms with van der Waals surface area (Å²) in [6, 6.07) is 15.5. The molecule has 6 nitrogen and oxygen atoms in total. The molecular formula is C27H34N4O2S. The van der Waals surface area contributed by atoms with Crippen LogP contribution in [0.15, 0.2) is 48.5 Å². The average Bonchev–Trinajstić information content (AvgIpc) is 3.48. The summed E-state index contributed by atoms with van der Waals surface area (Å²) in [5.41, 5.74) is 2.81. The van der Waals surface area contributed by atoms with E-state index in [0.29, 0.717) is 6.54 Å². The Morgan fingerprint density at radius 1 is 1.12 bits per heavy atom. The van der Waals surface area contributed by atoms with Crippen LogP contribution in [0.1, 0.15) is 51.6 Å². The molecule has 0 aliphatic carbocycles. The lowest BCUT2D eigenvalue weighted by atomic mass is 9.85. The van der Waals surface area contributed by atoms with E-state index in [1.54, 1.807) is 25.3 Å². The fraction of sp³-hybridized carbons (Fsp3) is 0.444. The molecular weight excluding hydrogens is 444 g/mol. The van der Waals surface area contributed by atoms with Gasteiger partial charge in [-0.2, -0.15) is 0 Å². The molecule has 2 amide bonds. The molecule has 2 heterocycles. The van der Waals surface area contributed by atoms with Crippen molar-refractivity contribution in [2.75, 3.05) is 13.6 Å². The van der Waals surface area contributed by atoms with Crippen LogP contribution in [-0.2, 0) is 9.59 Å². The van der Waals surface area contributed by atoms with Gasteiger partial charge in [-0.05, 0) is 43.9 Å². The van der Waals surface area contributed by atoms with Gasteiger partial charge >= 0.3 is 0 Å². The number of thiazole rings is 1. The van der Waals surface area contributed by atoms with Crippen molar-refractivity contribution in [3.05, 3.63) is 53.5 Å². The molecule has 1 aliphatic rings. The van der Waals surface area contributed by atoms with E-state index in [1.807, 2.05) is 43.9 Å². The lowest BCUT2D eigenvalue weighted by Crippen LogP contribution is -2.57. The summed E-state index contributed by atoms with van der Waals surface area (Å²) in [5, 5.41) is 6.92. The highest BCUT2D eigenvalue weighted by atomic mass is 32.1. The quantitative estimate of drug-likeness (QED) is 0.535. The Bertz CT molecular complexity index is 1170. The number of carbonyl (C=O) groups is 2. The first kappa shape index (κ1) is 24.4. The van der Waals surface area contributed by atoms with Crippen molar-refractivity contribution < 1.29 is 9.59 Å². The minimum absolute atomic E-state index is 0.0332. The van der Waals surface area contributed by atoms with Crippen LogP contribution in [0.25, 0.3) is 21.3 Å². The van der Waals surface area contributed by atoms with Crippen LogP contribution >= 0.6 is 11.3 Å². The molecule has 0 saturated carbocycles. The highest BCUT2D eigenvalue weighted by molar-refractivity contribution is 7.18. The highest BCUT2D eigenvalue weighted by Gasteiger charge is 2.41. The van der Waals surface area contributed by atoms with Gasteiger partial charge in [0.1, 0.15) is 11.0 Å². The van der Waals surface area contributed by atoms with Gasteiger partial charge in [0.2, 0.25) is 11.8 Å². The van der Waals surface area contributed by atoms with Crippen molar-refractivity contribution in [1.82, 2.24) is 20.5 Å². The van der Waals surface area contributed by atoms with Crippen molar-refractivity contribution >= 4 is 33.4 Å². The number of likely N-dealkylation sites (N-methyl/N-ethyl adjacent to an activating group) is 1. The first-order chi connectivity index (χ1) is 16.2. The Hall–Kier alpha value is -2.77. The monoisotopic (exact) mass is 478 g/mol. The molecule has 7 heteroatoms. The fourth-order valence-electron chi connectivity index (χ4n) is 4.46. The molecule has 3 atom stereocenters. The number of hydrogen-bond donors (Lipinski definition) is 2. The van der Waals surface area contributed by atoms with Crippen molar-refractivity contribution in [3.63, 3.8) is 0 Å². The van der Waals surface area contributed by atoms with Gasteiger partial charge in [-0.15, -0.1) is 11.3 Å². The van der Waals surface area contributed by atoms with Crippen LogP contribution in [0.4, 0.5) is 0 Å². The number of fused-ring (bicyclic) bond motifs is 1. The maximum Gasteiger partial charge on any atom is 0.246 e. The molecule has 2 aromatic carbocycles. The number of nitrogens with one attached hydrogen (secondary N) is 2. The van der Waals surface area contributed by atoms with E-state index in [9.17, 15) is 9.59 Å². The van der Waals surface area contributed by atoms with Crippen LogP contribution in [0, 0.1) is 5.41 Å². The second-order valence-corrected chi connectivity index (χ2v) is 11.1. The Labute approximate surface area is 205 Å². The van der Waals surface area contributed by atoms with Gasteiger partial charge in [0.05, 0.1) is 22.3 Å². The fourth-order valence-corrected chi connectivity index (χ4v) is 5.60. The van der Waals surface area contributed by atoms with Gasteiger partial charge in [-0.3, -0.25) is 9.59 Å². The van der Waals surface area contributed by atoms with Crippen molar-refractivity contribution in [2.24, 2.45) is 5.41 Å². The van der Waals surface area contributed by atoms with Crippen LogP contribution in [0.2, 0.25) is 0 Å². The number of rotatable bonds is 6. The molecule has 34 heavy (non-hydrogen) atoms. The van der Waals surface area contributed by atoms with Crippen LogP contribution in [0.3, 0.4) is 0 Å². The summed E-state index contributed by atoms with van der Waals surface area (Å²) in [4.78, 5) is 33.4. The average molecular weight is 479 g/mol. The maximum atomic E-state index is 13.8. The molecule has 1 aliphatic heterocycles. The summed E-state index contributed by atoms with van der Waals surface area (Å²) < 4.78 is 1.12. The van der Waals surface area contributed by atoms with Gasteiger partial charge in [0.15, 0.2) is 0 Å². The third kappa shape index (κ3) is 4.86. The van der Waals surface area contributed by atoms with Gasteiger partial charge in [0.25, 0.3) is 0 Å². The Kier molecular flexibility index (Phi) is 7.05. The predicted molar refractivity (Wildman–Crippen MR) is 139 cm³/mol. The largest absolute Gasteiger partial charge is 0.342 e. The maximum absolute atomic E-state index is 13.8. The normalized spacial score (nSPS) is 18.1. The number of nitrogens with zero attached hydrogens (tertiary/aromatic N) is 2. The van der Waals surface area contributed by atoms with E-state index < -0.39 is 11.5 Å².